The number of nitrogens with zero attached hydrogens (tertiary/aromatic N) is 1. The van der Waals surface area contributed by atoms with Crippen LogP contribution >= 0.6 is 0 Å². The van der Waals surface area contributed by atoms with Crippen LogP contribution in [0.1, 0.15) is 10.4 Å². The number of rotatable bonds is 3. The van der Waals surface area contributed by atoms with Crippen molar-refractivity contribution in [1.82, 2.24) is 4.98 Å². The Labute approximate surface area is 98.5 Å². The van der Waals surface area contributed by atoms with Crippen molar-refractivity contribution < 1.29 is 14.6 Å². The van der Waals surface area contributed by atoms with Gasteiger partial charge < -0.3 is 9.84 Å². The van der Waals surface area contributed by atoms with Gasteiger partial charge >= 0.3 is 5.97 Å². The number of hydrogen-bond acceptors (Lipinski definition) is 3. The fourth-order valence-electron chi connectivity index (χ4n) is 1.65. The first kappa shape index (κ1) is 11.1. The molecule has 1 heterocycles. The second-order valence-electron chi connectivity index (χ2n) is 3.41. The smallest absolute Gasteiger partial charge is 0.339 e. The highest BCUT2D eigenvalue weighted by Crippen LogP contribution is 2.31. The van der Waals surface area contributed by atoms with E-state index in [1.807, 2.05) is 12.1 Å². The molecule has 0 radical (unpaired) electrons. The molecule has 1 N–H and O–H groups in total. The fourth-order valence-corrected chi connectivity index (χ4v) is 1.65. The van der Waals surface area contributed by atoms with Crippen LogP contribution in [0.4, 0.5) is 0 Å². The second-order valence-corrected chi connectivity index (χ2v) is 3.41. The fraction of sp³-hybridized carbons (Fsp3) is 0.0769. The maximum atomic E-state index is 11.1. The number of aromatic nitrogens is 1. The van der Waals surface area contributed by atoms with E-state index in [9.17, 15) is 4.79 Å². The van der Waals surface area contributed by atoms with Crippen LogP contribution < -0.4 is 4.74 Å². The van der Waals surface area contributed by atoms with Crippen LogP contribution in [0.3, 0.4) is 0 Å². The number of carbonyl (C=O) groups is 1. The van der Waals surface area contributed by atoms with Gasteiger partial charge in [0.2, 0.25) is 0 Å². The van der Waals surface area contributed by atoms with Gasteiger partial charge in [-0.3, -0.25) is 4.98 Å². The molecular weight excluding hydrogens is 218 g/mol. The summed E-state index contributed by atoms with van der Waals surface area (Å²) in [6, 6.07) is 10.4. The quantitative estimate of drug-likeness (QED) is 0.878. The molecule has 4 nitrogen and oxygen atoms in total. The van der Waals surface area contributed by atoms with Gasteiger partial charge in [-0.1, -0.05) is 12.1 Å². The lowest BCUT2D eigenvalue weighted by Crippen LogP contribution is -2.02. The molecule has 0 fully saturated rings. The molecule has 0 spiro atoms. The van der Waals surface area contributed by atoms with Gasteiger partial charge in [-0.15, -0.1) is 0 Å². The van der Waals surface area contributed by atoms with Crippen molar-refractivity contribution in [2.24, 2.45) is 0 Å². The van der Waals surface area contributed by atoms with E-state index in [2.05, 4.69) is 4.98 Å². The lowest BCUT2D eigenvalue weighted by molar-refractivity contribution is 0.0693. The monoisotopic (exact) mass is 229 g/mol. The third-order valence-electron chi connectivity index (χ3n) is 2.39. The molecule has 0 aliphatic carbocycles. The summed E-state index contributed by atoms with van der Waals surface area (Å²) in [4.78, 5) is 15.2. The summed E-state index contributed by atoms with van der Waals surface area (Å²) in [6.45, 7) is 0. The molecule has 0 aliphatic rings. The first-order valence-corrected chi connectivity index (χ1v) is 5.05. The van der Waals surface area contributed by atoms with Crippen molar-refractivity contribution in [3.63, 3.8) is 0 Å². The SMILES string of the molecule is COc1c(C(=O)O)cccc1-c1ccccn1. The topological polar surface area (TPSA) is 59.4 Å². The summed E-state index contributed by atoms with van der Waals surface area (Å²) < 4.78 is 5.17. The van der Waals surface area contributed by atoms with Gasteiger partial charge in [0, 0.05) is 11.8 Å². The number of pyridine rings is 1. The molecule has 0 saturated carbocycles. The Hall–Kier alpha value is -2.36. The van der Waals surface area contributed by atoms with Gasteiger partial charge in [0.05, 0.1) is 12.8 Å². The standard InChI is InChI=1S/C13H11NO3/c1-17-12-9(11-7-2-3-8-14-11)5-4-6-10(12)13(15)16/h2-8H,1H3,(H,15,16). The Morgan fingerprint density at radius 2 is 2.06 bits per heavy atom. The largest absolute Gasteiger partial charge is 0.495 e. The lowest BCUT2D eigenvalue weighted by Gasteiger charge is -2.10. The molecule has 17 heavy (non-hydrogen) atoms. The van der Waals surface area contributed by atoms with Crippen LogP contribution in [0.5, 0.6) is 5.75 Å². The predicted octanol–water partition coefficient (Wildman–Crippen LogP) is 2.46. The first-order chi connectivity index (χ1) is 8.24. The Morgan fingerprint density at radius 1 is 1.24 bits per heavy atom. The highest BCUT2D eigenvalue weighted by Gasteiger charge is 2.15. The zero-order valence-electron chi connectivity index (χ0n) is 9.25. The minimum absolute atomic E-state index is 0.135. The third kappa shape index (κ3) is 2.10. The summed E-state index contributed by atoms with van der Waals surface area (Å²) in [5.74, 6) is -0.682. The molecule has 1 aromatic heterocycles. The van der Waals surface area contributed by atoms with Crippen molar-refractivity contribution in [3.8, 4) is 17.0 Å². The molecule has 0 bridgehead atoms. The van der Waals surface area contributed by atoms with E-state index < -0.39 is 5.97 Å². The van der Waals surface area contributed by atoms with E-state index in [0.29, 0.717) is 17.0 Å². The normalized spacial score (nSPS) is 9.94. The van der Waals surface area contributed by atoms with Crippen molar-refractivity contribution in [2.75, 3.05) is 7.11 Å². The van der Waals surface area contributed by atoms with Gasteiger partial charge in [-0.2, -0.15) is 0 Å². The van der Waals surface area contributed by atoms with E-state index in [1.165, 1.54) is 13.2 Å². The number of ether oxygens (including phenoxy) is 1. The van der Waals surface area contributed by atoms with Crippen molar-refractivity contribution >= 4 is 5.97 Å². The number of aromatic carboxylic acids is 1. The molecular formula is C13H11NO3. The summed E-state index contributed by atoms with van der Waals surface area (Å²) in [5, 5.41) is 9.07. The maximum absolute atomic E-state index is 11.1. The molecule has 0 saturated heterocycles. The highest BCUT2D eigenvalue weighted by atomic mass is 16.5. The zero-order chi connectivity index (χ0) is 12.3. The van der Waals surface area contributed by atoms with Crippen molar-refractivity contribution in [2.45, 2.75) is 0 Å². The first-order valence-electron chi connectivity index (χ1n) is 5.05. The number of hydrogen-bond donors (Lipinski definition) is 1. The zero-order valence-corrected chi connectivity index (χ0v) is 9.25. The number of carboxylic acids is 1. The van der Waals surface area contributed by atoms with E-state index in [0.717, 1.165) is 0 Å². The van der Waals surface area contributed by atoms with Crippen LogP contribution in [0, 0.1) is 0 Å². The van der Waals surface area contributed by atoms with Crippen LogP contribution in [0.2, 0.25) is 0 Å². The van der Waals surface area contributed by atoms with Gasteiger partial charge in [0.1, 0.15) is 11.3 Å². The van der Waals surface area contributed by atoms with Gasteiger partial charge in [-0.05, 0) is 24.3 Å². The lowest BCUT2D eigenvalue weighted by atomic mass is 10.1. The van der Waals surface area contributed by atoms with Crippen LogP contribution in [-0.2, 0) is 0 Å². The number of benzene rings is 1. The Balaban J connectivity index is 2.63. The molecule has 0 atom stereocenters. The summed E-state index contributed by atoms with van der Waals surface area (Å²) in [7, 11) is 1.45. The molecule has 4 heteroatoms. The molecule has 0 amide bonds. The van der Waals surface area contributed by atoms with Gasteiger partial charge in [0.25, 0.3) is 0 Å². The van der Waals surface area contributed by atoms with Crippen molar-refractivity contribution in [1.29, 1.82) is 0 Å². The number of para-hydroxylation sites is 1. The number of methoxy groups -OCH3 is 1. The summed E-state index contributed by atoms with van der Waals surface area (Å²) in [5.41, 5.74) is 1.50. The van der Waals surface area contributed by atoms with Gasteiger partial charge in [-0.25, -0.2) is 4.79 Å². The van der Waals surface area contributed by atoms with Crippen molar-refractivity contribution in [3.05, 3.63) is 48.2 Å². The Bertz CT molecular complexity index is 538. The molecule has 2 rings (SSSR count). The predicted molar refractivity (Wildman–Crippen MR) is 63.2 cm³/mol. The molecule has 1 aromatic carbocycles. The summed E-state index contributed by atoms with van der Waals surface area (Å²) >= 11 is 0. The van der Waals surface area contributed by atoms with E-state index in [-0.39, 0.29) is 5.56 Å². The molecule has 2 aromatic rings. The second kappa shape index (κ2) is 4.65. The maximum Gasteiger partial charge on any atom is 0.339 e. The van der Waals surface area contributed by atoms with Crippen LogP contribution in [0.25, 0.3) is 11.3 Å². The average molecular weight is 229 g/mol. The Morgan fingerprint density at radius 3 is 2.65 bits per heavy atom. The van der Waals surface area contributed by atoms with Crippen LogP contribution in [0.15, 0.2) is 42.6 Å². The minimum atomic E-state index is -1.01. The summed E-state index contributed by atoms with van der Waals surface area (Å²) in [6.07, 6.45) is 1.65. The third-order valence-corrected chi connectivity index (χ3v) is 2.39. The Kier molecular flexibility index (Phi) is 3.05. The number of carboxylic acid groups (broad SMARTS) is 1. The van der Waals surface area contributed by atoms with E-state index in [4.69, 9.17) is 9.84 Å². The molecule has 86 valence electrons. The van der Waals surface area contributed by atoms with Crippen LogP contribution in [-0.4, -0.2) is 23.2 Å². The van der Waals surface area contributed by atoms with Gasteiger partial charge in [0.15, 0.2) is 0 Å². The van der Waals surface area contributed by atoms with E-state index >= 15 is 0 Å². The van der Waals surface area contributed by atoms with E-state index in [1.54, 1.807) is 24.4 Å². The minimum Gasteiger partial charge on any atom is -0.495 e. The average Bonchev–Trinajstić information content (AvgIpc) is 2.38. The molecule has 0 unspecified atom stereocenters. The molecule has 0 aliphatic heterocycles. The highest BCUT2D eigenvalue weighted by molar-refractivity contribution is 5.94.